The molecule has 138 valence electrons. The fourth-order valence-electron chi connectivity index (χ4n) is 3.00. The van der Waals surface area contributed by atoms with Crippen molar-refractivity contribution < 1.29 is 4.74 Å². The summed E-state index contributed by atoms with van der Waals surface area (Å²) in [4.78, 5) is 0. The van der Waals surface area contributed by atoms with E-state index >= 15 is 0 Å². The van der Waals surface area contributed by atoms with E-state index in [1.54, 1.807) is 0 Å². The second-order valence-corrected chi connectivity index (χ2v) is 7.31. The monoisotopic (exact) mass is 324 g/mol. The minimum Gasteiger partial charge on any atom is -0.377 e. The SMILES string of the molecule is C=C(C)COCCCCCCCCCCCCCCCCCC. The Balaban J connectivity index is 2.96. The number of ether oxygens (including phenoxy) is 1. The third-order valence-electron chi connectivity index (χ3n) is 4.49. The Bertz CT molecular complexity index is 234. The van der Waals surface area contributed by atoms with E-state index in [0.29, 0.717) is 0 Å². The molecule has 0 rings (SSSR count). The molecule has 0 unspecified atom stereocenters. The molecule has 0 amide bonds. The summed E-state index contributed by atoms with van der Waals surface area (Å²) in [5.41, 5.74) is 1.13. The molecule has 0 fully saturated rings. The number of unbranched alkanes of at least 4 members (excludes halogenated alkanes) is 15. The van der Waals surface area contributed by atoms with Gasteiger partial charge in [-0.25, -0.2) is 0 Å². The van der Waals surface area contributed by atoms with E-state index in [1.807, 2.05) is 6.92 Å². The van der Waals surface area contributed by atoms with Crippen molar-refractivity contribution in [1.82, 2.24) is 0 Å². The first-order valence-electron chi connectivity index (χ1n) is 10.5. The quantitative estimate of drug-likeness (QED) is 0.174. The van der Waals surface area contributed by atoms with Crippen LogP contribution in [0.4, 0.5) is 0 Å². The highest BCUT2D eigenvalue weighted by Crippen LogP contribution is 2.13. The molecule has 0 atom stereocenters. The molecular formula is C22H44O. The van der Waals surface area contributed by atoms with Crippen molar-refractivity contribution in [2.24, 2.45) is 0 Å². The minimum atomic E-state index is 0.735. The summed E-state index contributed by atoms with van der Waals surface area (Å²) in [5.74, 6) is 0. The highest BCUT2D eigenvalue weighted by molar-refractivity contribution is 4.87. The summed E-state index contributed by atoms with van der Waals surface area (Å²) < 4.78 is 5.51. The zero-order valence-electron chi connectivity index (χ0n) is 16.3. The van der Waals surface area contributed by atoms with Crippen LogP contribution in [0.5, 0.6) is 0 Å². The van der Waals surface area contributed by atoms with Crippen LogP contribution < -0.4 is 0 Å². The fourth-order valence-corrected chi connectivity index (χ4v) is 3.00. The Hall–Kier alpha value is -0.300. The van der Waals surface area contributed by atoms with Crippen molar-refractivity contribution in [3.05, 3.63) is 12.2 Å². The average molecular weight is 325 g/mol. The van der Waals surface area contributed by atoms with E-state index in [4.69, 9.17) is 4.74 Å². The summed E-state index contributed by atoms with van der Waals surface area (Å²) in [7, 11) is 0. The van der Waals surface area contributed by atoms with Crippen LogP contribution in [0.2, 0.25) is 0 Å². The Kier molecular flexibility index (Phi) is 19.5. The van der Waals surface area contributed by atoms with Crippen LogP contribution >= 0.6 is 0 Å². The van der Waals surface area contributed by atoms with Gasteiger partial charge in [0, 0.05) is 6.61 Å². The van der Waals surface area contributed by atoms with Gasteiger partial charge in [0.2, 0.25) is 0 Å². The van der Waals surface area contributed by atoms with Crippen LogP contribution in [0.1, 0.15) is 117 Å². The lowest BCUT2D eigenvalue weighted by atomic mass is 10.0. The third-order valence-corrected chi connectivity index (χ3v) is 4.49. The van der Waals surface area contributed by atoms with Crippen molar-refractivity contribution >= 4 is 0 Å². The zero-order chi connectivity index (χ0) is 17.0. The van der Waals surface area contributed by atoms with Crippen molar-refractivity contribution in [2.45, 2.75) is 117 Å². The van der Waals surface area contributed by atoms with E-state index in [9.17, 15) is 0 Å². The van der Waals surface area contributed by atoms with Crippen LogP contribution in [0.3, 0.4) is 0 Å². The van der Waals surface area contributed by atoms with Gasteiger partial charge in [-0.3, -0.25) is 0 Å². The topological polar surface area (TPSA) is 9.23 Å². The van der Waals surface area contributed by atoms with Gasteiger partial charge in [0.05, 0.1) is 6.61 Å². The van der Waals surface area contributed by atoms with Gasteiger partial charge < -0.3 is 4.74 Å². The highest BCUT2D eigenvalue weighted by atomic mass is 16.5. The summed E-state index contributed by atoms with van der Waals surface area (Å²) in [5, 5.41) is 0. The molecule has 0 radical (unpaired) electrons. The van der Waals surface area contributed by atoms with Crippen LogP contribution in [-0.4, -0.2) is 13.2 Å². The van der Waals surface area contributed by atoms with Crippen molar-refractivity contribution in [3.63, 3.8) is 0 Å². The minimum absolute atomic E-state index is 0.735. The van der Waals surface area contributed by atoms with Gasteiger partial charge in [-0.05, 0) is 13.3 Å². The van der Waals surface area contributed by atoms with E-state index in [1.165, 1.54) is 103 Å². The van der Waals surface area contributed by atoms with Gasteiger partial charge in [0.15, 0.2) is 0 Å². The van der Waals surface area contributed by atoms with E-state index in [0.717, 1.165) is 18.8 Å². The van der Waals surface area contributed by atoms with Gasteiger partial charge in [-0.15, -0.1) is 0 Å². The number of hydrogen-bond acceptors (Lipinski definition) is 1. The predicted molar refractivity (Wildman–Crippen MR) is 105 cm³/mol. The first-order chi connectivity index (χ1) is 11.3. The normalized spacial score (nSPS) is 11.0. The smallest absolute Gasteiger partial charge is 0.0671 e. The average Bonchev–Trinajstić information content (AvgIpc) is 2.53. The Morgan fingerprint density at radius 3 is 1.30 bits per heavy atom. The van der Waals surface area contributed by atoms with Crippen LogP contribution in [0, 0.1) is 0 Å². The van der Waals surface area contributed by atoms with Gasteiger partial charge in [-0.1, -0.05) is 115 Å². The molecular weight excluding hydrogens is 280 g/mol. The Morgan fingerprint density at radius 2 is 0.957 bits per heavy atom. The predicted octanol–water partition coefficient (Wildman–Crippen LogP) is 7.84. The van der Waals surface area contributed by atoms with Crippen LogP contribution in [0.25, 0.3) is 0 Å². The first kappa shape index (κ1) is 22.7. The van der Waals surface area contributed by atoms with E-state index in [-0.39, 0.29) is 0 Å². The van der Waals surface area contributed by atoms with Gasteiger partial charge in [0.1, 0.15) is 0 Å². The van der Waals surface area contributed by atoms with Gasteiger partial charge in [0.25, 0.3) is 0 Å². The van der Waals surface area contributed by atoms with Crippen LogP contribution in [-0.2, 0) is 4.74 Å². The molecule has 0 heterocycles. The fraction of sp³-hybridized carbons (Fsp3) is 0.909. The molecule has 0 aromatic rings. The second kappa shape index (κ2) is 19.7. The molecule has 0 saturated heterocycles. The van der Waals surface area contributed by atoms with Crippen molar-refractivity contribution in [2.75, 3.05) is 13.2 Å². The molecule has 0 bridgehead atoms. The Labute approximate surface area is 147 Å². The largest absolute Gasteiger partial charge is 0.377 e. The maximum absolute atomic E-state index is 5.51. The molecule has 0 aliphatic rings. The van der Waals surface area contributed by atoms with E-state index < -0.39 is 0 Å². The number of hydrogen-bond donors (Lipinski definition) is 0. The third kappa shape index (κ3) is 21.7. The zero-order valence-corrected chi connectivity index (χ0v) is 16.3. The molecule has 1 nitrogen and oxygen atoms in total. The van der Waals surface area contributed by atoms with Crippen molar-refractivity contribution in [3.8, 4) is 0 Å². The lowest BCUT2D eigenvalue weighted by Crippen LogP contribution is -1.97. The van der Waals surface area contributed by atoms with Gasteiger partial charge in [-0.2, -0.15) is 0 Å². The summed E-state index contributed by atoms with van der Waals surface area (Å²) >= 11 is 0. The molecule has 0 aliphatic heterocycles. The van der Waals surface area contributed by atoms with Crippen LogP contribution in [0.15, 0.2) is 12.2 Å². The summed E-state index contributed by atoms with van der Waals surface area (Å²) in [6, 6.07) is 0. The Morgan fingerprint density at radius 1 is 0.609 bits per heavy atom. The second-order valence-electron chi connectivity index (χ2n) is 7.31. The molecule has 0 spiro atoms. The molecule has 0 aromatic heterocycles. The van der Waals surface area contributed by atoms with E-state index in [2.05, 4.69) is 13.5 Å². The summed E-state index contributed by atoms with van der Waals surface area (Å²) in [6.45, 7) is 9.80. The lowest BCUT2D eigenvalue weighted by Gasteiger charge is -2.04. The maximum atomic E-state index is 5.51. The molecule has 1 heteroatoms. The number of rotatable bonds is 19. The highest BCUT2D eigenvalue weighted by Gasteiger charge is 1.95. The first-order valence-corrected chi connectivity index (χ1v) is 10.5. The van der Waals surface area contributed by atoms with Crippen molar-refractivity contribution in [1.29, 1.82) is 0 Å². The molecule has 0 saturated carbocycles. The lowest BCUT2D eigenvalue weighted by molar-refractivity contribution is 0.151. The maximum Gasteiger partial charge on any atom is 0.0671 e. The van der Waals surface area contributed by atoms with Gasteiger partial charge >= 0.3 is 0 Å². The molecule has 0 aliphatic carbocycles. The molecule has 23 heavy (non-hydrogen) atoms. The summed E-state index contributed by atoms with van der Waals surface area (Å²) in [6.07, 6.45) is 22.7. The standard InChI is InChI=1S/C22H44O/c1-4-5-6-7-8-9-10-11-12-13-14-15-16-17-18-19-20-23-21-22(2)3/h2,4-21H2,1,3H3. The molecule has 0 N–H and O–H groups in total. The molecule has 0 aromatic carbocycles.